The topological polar surface area (TPSA) is 263 Å². The number of rotatable bonds is 75. The van der Waals surface area contributed by atoms with Gasteiger partial charge in [-0.2, -0.15) is 0 Å². The maximum Gasteiger partial charge on any atom is 0.323 e. The fourth-order valence-electron chi connectivity index (χ4n) is 13.8. The molecule has 0 saturated heterocycles. The fraction of sp³-hybridized carbons (Fsp3) is 0.763. The summed E-state index contributed by atoms with van der Waals surface area (Å²) in [5.74, 6) is -7.12. The second kappa shape index (κ2) is 69.5. The Morgan fingerprint density at radius 1 is 0.237 bits per heavy atom. The van der Waals surface area contributed by atoms with Gasteiger partial charge < -0.3 is 47.1 Å². The highest BCUT2D eigenvalue weighted by Gasteiger charge is 2.53. The van der Waals surface area contributed by atoms with Crippen molar-refractivity contribution in [2.45, 2.75) is 419 Å². The number of hydrogen-bond donors (Lipinski definition) is 0. The van der Waals surface area contributed by atoms with E-state index >= 15 is 0 Å². The molecule has 114 heavy (non-hydrogen) atoms. The molecule has 21 heteroatoms. The molecule has 0 saturated carbocycles. The van der Waals surface area contributed by atoms with Crippen LogP contribution in [0.5, 0.6) is 0 Å². The third-order valence-electron chi connectivity index (χ3n) is 20.7. The SMILES string of the molecule is CCCCCCCCCCCCCC(=O)OCC(COC(=O)CCCCCCCCCCCCC)OC(=O)CCC(=O)OCC(COC(=O)CCC(=O)OC(COC(=O)CCCCCCCCCCCCC)COC(=O)CCCCCCCCCCCCC)OC(=O)CCC(=O)O[Si](c1ccccc1)(c1ccccc1)C(C)(C)C. The first-order chi connectivity index (χ1) is 55.3. The lowest BCUT2D eigenvalue weighted by Crippen LogP contribution is -2.67. The van der Waals surface area contributed by atoms with Gasteiger partial charge in [0.1, 0.15) is 39.6 Å². The van der Waals surface area contributed by atoms with Gasteiger partial charge in [0.15, 0.2) is 18.3 Å². The molecule has 0 spiro atoms. The lowest BCUT2D eigenvalue weighted by molar-refractivity contribution is -0.170. The number of carbonyl (C=O) groups is 10. The van der Waals surface area contributed by atoms with Gasteiger partial charge in [-0.1, -0.05) is 366 Å². The summed E-state index contributed by atoms with van der Waals surface area (Å²) >= 11 is 0. The fourth-order valence-corrected chi connectivity index (χ4v) is 18.2. The molecule has 0 heterocycles. The van der Waals surface area contributed by atoms with E-state index in [-0.39, 0.29) is 52.1 Å². The van der Waals surface area contributed by atoms with Crippen LogP contribution in [0.4, 0.5) is 0 Å². The predicted molar refractivity (Wildman–Crippen MR) is 451 cm³/mol. The zero-order valence-corrected chi connectivity index (χ0v) is 73.1. The third kappa shape index (κ3) is 55.1. The Bertz CT molecular complexity index is 2580. The van der Waals surface area contributed by atoms with Gasteiger partial charge in [-0.25, -0.2) is 0 Å². The number of carbonyl (C=O) groups excluding carboxylic acids is 10. The van der Waals surface area contributed by atoms with Crippen molar-refractivity contribution in [2.75, 3.05) is 39.6 Å². The predicted octanol–water partition coefficient (Wildman–Crippen LogP) is 21.2. The molecule has 0 unspecified atom stereocenters. The van der Waals surface area contributed by atoms with Crippen molar-refractivity contribution in [2.24, 2.45) is 0 Å². The number of hydrogen-bond acceptors (Lipinski definition) is 20. The maximum absolute atomic E-state index is 14.1. The van der Waals surface area contributed by atoms with E-state index in [1.807, 2.05) is 81.4 Å². The van der Waals surface area contributed by atoms with Crippen LogP contribution < -0.4 is 10.4 Å². The molecular formula is C93H154O20Si. The van der Waals surface area contributed by atoms with Gasteiger partial charge in [-0.3, -0.25) is 47.9 Å². The third-order valence-corrected chi connectivity index (χ3v) is 25.6. The van der Waals surface area contributed by atoms with Gasteiger partial charge in [0.25, 0.3) is 5.97 Å². The summed E-state index contributed by atoms with van der Waals surface area (Å²) in [6.07, 6.45) is 43.0. The Kier molecular flexibility index (Phi) is 63.0. The lowest BCUT2D eigenvalue weighted by Gasteiger charge is -2.42. The molecule has 0 aliphatic heterocycles. The number of ether oxygens (including phenoxy) is 9. The van der Waals surface area contributed by atoms with Gasteiger partial charge >= 0.3 is 62.0 Å². The Morgan fingerprint density at radius 3 is 0.614 bits per heavy atom. The van der Waals surface area contributed by atoms with Crippen LogP contribution >= 0.6 is 0 Å². The van der Waals surface area contributed by atoms with Gasteiger partial charge in [0, 0.05) is 25.7 Å². The number of esters is 9. The Labute approximate surface area is 688 Å². The van der Waals surface area contributed by atoms with Crippen LogP contribution in [0.15, 0.2) is 60.7 Å². The van der Waals surface area contributed by atoms with Crippen LogP contribution in [0.1, 0.15) is 395 Å². The molecule has 0 aliphatic rings. The molecule has 0 atom stereocenters. The average molecular weight is 1620 g/mol. The molecule has 0 aliphatic carbocycles. The summed E-state index contributed by atoms with van der Waals surface area (Å²) in [6, 6.07) is 19.0. The van der Waals surface area contributed by atoms with E-state index in [9.17, 15) is 47.9 Å². The monoisotopic (exact) mass is 1620 g/mol. The van der Waals surface area contributed by atoms with Crippen LogP contribution in [0.2, 0.25) is 5.04 Å². The van der Waals surface area contributed by atoms with Crippen LogP contribution in [-0.4, -0.2) is 126 Å². The highest BCUT2D eigenvalue weighted by Crippen LogP contribution is 2.37. The molecule has 0 aromatic heterocycles. The first-order valence-electron chi connectivity index (χ1n) is 45.1. The normalized spacial score (nSPS) is 11.5. The molecule has 2 aromatic rings. The molecule has 650 valence electrons. The molecule has 2 aromatic carbocycles. The summed E-state index contributed by atoms with van der Waals surface area (Å²) in [4.78, 5) is 133. The number of unbranched alkanes of at least 4 members (excludes halogenated alkanes) is 40. The van der Waals surface area contributed by atoms with E-state index < -0.39 is 143 Å². The zero-order valence-electron chi connectivity index (χ0n) is 72.1. The second-order valence-electron chi connectivity index (χ2n) is 32.2. The zero-order chi connectivity index (χ0) is 83.2. The molecule has 0 fully saturated rings. The summed E-state index contributed by atoms with van der Waals surface area (Å²) in [5.41, 5.74) is 0. The van der Waals surface area contributed by atoms with Crippen LogP contribution in [0.3, 0.4) is 0 Å². The van der Waals surface area contributed by atoms with E-state index in [0.29, 0.717) is 25.7 Å². The van der Waals surface area contributed by atoms with Crippen molar-refractivity contribution < 1.29 is 95.0 Å². The molecule has 0 radical (unpaired) electrons. The Balaban J connectivity index is 2.21. The summed E-state index contributed by atoms with van der Waals surface area (Å²) < 4.78 is 56.8. The van der Waals surface area contributed by atoms with Crippen LogP contribution in [-0.2, 0) is 95.0 Å². The maximum atomic E-state index is 14.1. The summed E-state index contributed by atoms with van der Waals surface area (Å²) in [6.45, 7) is 12.0. The molecule has 0 N–H and O–H groups in total. The summed E-state index contributed by atoms with van der Waals surface area (Å²) in [5, 5.41) is 1.12. The van der Waals surface area contributed by atoms with E-state index in [1.54, 1.807) is 0 Å². The van der Waals surface area contributed by atoms with Gasteiger partial charge in [0.2, 0.25) is 0 Å². The van der Waals surface area contributed by atoms with Gasteiger partial charge in [0.05, 0.1) is 38.5 Å². The van der Waals surface area contributed by atoms with E-state index in [1.165, 1.54) is 154 Å². The van der Waals surface area contributed by atoms with E-state index in [4.69, 9.17) is 47.1 Å². The molecule has 20 nitrogen and oxygen atoms in total. The van der Waals surface area contributed by atoms with Crippen molar-refractivity contribution in [1.29, 1.82) is 0 Å². The van der Waals surface area contributed by atoms with Crippen LogP contribution in [0, 0.1) is 0 Å². The quantitative estimate of drug-likeness (QED) is 0.0258. The lowest BCUT2D eigenvalue weighted by atomic mass is 10.1. The van der Waals surface area contributed by atoms with Gasteiger partial charge in [-0.15, -0.1) is 0 Å². The average Bonchev–Trinajstić information content (AvgIpc) is 0.745. The Hall–Kier alpha value is -6.64. The molecule has 0 bridgehead atoms. The molecular weight excluding hydrogens is 1470 g/mol. The first-order valence-corrected chi connectivity index (χ1v) is 47.0. The Morgan fingerprint density at radius 2 is 0.412 bits per heavy atom. The number of benzene rings is 2. The van der Waals surface area contributed by atoms with Gasteiger partial charge in [-0.05, 0) is 41.1 Å². The minimum atomic E-state index is -3.37. The minimum absolute atomic E-state index is 0.170. The smallest absolute Gasteiger partial charge is 0.323 e. The summed E-state index contributed by atoms with van der Waals surface area (Å²) in [7, 11) is -3.37. The molecule has 2 rings (SSSR count). The minimum Gasteiger partial charge on any atom is -0.510 e. The van der Waals surface area contributed by atoms with Crippen LogP contribution in [0.25, 0.3) is 0 Å². The largest absolute Gasteiger partial charge is 0.510 e. The highest BCUT2D eigenvalue weighted by atomic mass is 28.4. The van der Waals surface area contributed by atoms with Crippen molar-refractivity contribution >= 4 is 78.4 Å². The van der Waals surface area contributed by atoms with E-state index in [0.717, 1.165) is 113 Å². The van der Waals surface area contributed by atoms with Crippen molar-refractivity contribution in [1.82, 2.24) is 0 Å². The first kappa shape index (κ1) is 103. The van der Waals surface area contributed by atoms with Crippen molar-refractivity contribution in [3.63, 3.8) is 0 Å². The van der Waals surface area contributed by atoms with Crippen molar-refractivity contribution in [3.8, 4) is 0 Å². The van der Waals surface area contributed by atoms with E-state index in [2.05, 4.69) is 27.7 Å². The highest BCUT2D eigenvalue weighted by molar-refractivity contribution is 7.00. The van der Waals surface area contributed by atoms with Crippen molar-refractivity contribution in [3.05, 3.63) is 60.7 Å². The molecule has 0 amide bonds. The second-order valence-corrected chi connectivity index (χ2v) is 36.4. The standard InChI is InChI=1S/C93H154O20Si/c1-8-12-16-20-24-28-32-36-40-44-54-62-83(94)104-72-78(73-105-84(95)63-55-45-41-37-33-29-25-21-17-13-9-2)110-89(100)68-66-87(98)108-76-80(112-91(102)70-71-92(103)113-114(93(5,6)7,81-58-50-48-51-59-81)82-60-52-49-53-61-82)77-109-88(99)67-69-90(101)111-79(74-106-85(96)64-56-46-42-38-34-30-26-22-18-14-10-3)75-107-86(97)65-57-47-43-39-35-31-27-23-19-15-11-4/h48-53,58-61,78-80H,8-47,54-57,62-77H2,1-7H3.